The Morgan fingerprint density at radius 3 is 2.52 bits per heavy atom. The number of carbonyl (C=O) groups excluding carboxylic acids is 1. The van der Waals surface area contributed by atoms with E-state index in [1.54, 1.807) is 26.4 Å². The number of amides is 1. The molecule has 0 unspecified atom stereocenters. The van der Waals surface area contributed by atoms with Gasteiger partial charge in [-0.05, 0) is 25.1 Å². The number of hydrogen-bond acceptors (Lipinski definition) is 4. The molecule has 0 saturated carbocycles. The van der Waals surface area contributed by atoms with E-state index in [0.717, 1.165) is 32.0 Å². The molecule has 7 heteroatoms. The highest BCUT2D eigenvalue weighted by molar-refractivity contribution is 5.93. The second kappa shape index (κ2) is 8.73. The van der Waals surface area contributed by atoms with Crippen molar-refractivity contribution in [3.05, 3.63) is 42.6 Å². The second-order valence-electron chi connectivity index (χ2n) is 6.67. The third kappa shape index (κ3) is 4.49. The average Bonchev–Trinajstić information content (AvgIpc) is 2.73. The van der Waals surface area contributed by atoms with E-state index in [0.29, 0.717) is 17.2 Å². The first-order valence-electron chi connectivity index (χ1n) is 9.21. The fourth-order valence-corrected chi connectivity index (χ4v) is 3.40. The van der Waals surface area contributed by atoms with Gasteiger partial charge in [0.2, 0.25) is 0 Å². The van der Waals surface area contributed by atoms with Crippen LogP contribution in [-0.4, -0.2) is 52.3 Å². The van der Waals surface area contributed by atoms with E-state index in [9.17, 15) is 4.79 Å². The summed E-state index contributed by atoms with van der Waals surface area (Å²) in [7, 11) is 3.17. The lowest BCUT2D eigenvalue weighted by molar-refractivity contribution is -0.914. The highest BCUT2D eigenvalue weighted by Gasteiger charge is 2.32. The number of H-pyrrole nitrogens is 1. The largest absolute Gasteiger partial charge is 0.493 e. The molecule has 2 aromatic rings. The fourth-order valence-electron chi connectivity index (χ4n) is 3.40. The van der Waals surface area contributed by atoms with Gasteiger partial charge in [-0.2, -0.15) is 0 Å². The van der Waals surface area contributed by atoms with E-state index in [2.05, 4.69) is 21.3 Å². The number of carbonyl (C=O) groups is 1. The SMILES string of the molecule is COc1ccc(NC(=O)[C@@H](C)[NH+]2CCN(c3cccc[nH+]3)CC2)cc1OC. The third-order valence-electron chi connectivity index (χ3n) is 5.10. The van der Waals surface area contributed by atoms with Crippen LogP contribution in [0.4, 0.5) is 11.5 Å². The van der Waals surface area contributed by atoms with Crippen molar-refractivity contribution >= 4 is 17.4 Å². The molecule has 3 rings (SSSR count). The van der Waals surface area contributed by atoms with Crippen LogP contribution in [0.5, 0.6) is 11.5 Å². The van der Waals surface area contributed by atoms with Gasteiger partial charge in [-0.15, -0.1) is 0 Å². The quantitative estimate of drug-likeness (QED) is 0.763. The predicted octanol–water partition coefficient (Wildman–Crippen LogP) is 0.250. The van der Waals surface area contributed by atoms with Crippen LogP contribution in [0.15, 0.2) is 42.6 Å². The first-order valence-corrected chi connectivity index (χ1v) is 9.21. The molecule has 7 nitrogen and oxygen atoms in total. The first-order chi connectivity index (χ1) is 13.1. The molecule has 1 fully saturated rings. The number of nitrogens with one attached hydrogen (secondary N) is 3. The maximum Gasteiger partial charge on any atom is 0.282 e. The van der Waals surface area contributed by atoms with Crippen molar-refractivity contribution in [2.75, 3.05) is 50.6 Å². The monoisotopic (exact) mass is 372 g/mol. The second-order valence-corrected chi connectivity index (χ2v) is 6.67. The standard InChI is InChI=1S/C20H26N4O3/c1-15(20(25)22-16-7-8-17(26-2)18(14-16)27-3)23-10-12-24(13-11-23)19-6-4-5-9-21-19/h4-9,14-15H,10-13H2,1-3H3,(H,22,25)/p+2/t15-/m1/s1. The van der Waals surface area contributed by atoms with Gasteiger partial charge in [-0.1, -0.05) is 6.07 Å². The molecule has 3 N–H and O–H groups in total. The topological polar surface area (TPSA) is 69.4 Å². The minimum atomic E-state index is -0.125. The summed E-state index contributed by atoms with van der Waals surface area (Å²) < 4.78 is 10.5. The number of pyridine rings is 1. The first kappa shape index (κ1) is 19.0. The molecule has 1 aromatic carbocycles. The molecule has 144 valence electrons. The molecule has 1 aliphatic rings. The zero-order chi connectivity index (χ0) is 19.2. The molecular weight excluding hydrogens is 344 g/mol. The number of benzene rings is 1. The number of anilines is 2. The van der Waals surface area contributed by atoms with Crippen LogP contribution in [0.3, 0.4) is 0 Å². The van der Waals surface area contributed by atoms with E-state index < -0.39 is 0 Å². The smallest absolute Gasteiger partial charge is 0.282 e. The van der Waals surface area contributed by atoms with Crippen LogP contribution in [0.2, 0.25) is 0 Å². The van der Waals surface area contributed by atoms with E-state index in [1.807, 2.05) is 31.3 Å². The number of hydrogen-bond donors (Lipinski definition) is 2. The number of aromatic amines is 1. The molecule has 0 aliphatic carbocycles. The van der Waals surface area contributed by atoms with Crippen LogP contribution >= 0.6 is 0 Å². The van der Waals surface area contributed by atoms with Gasteiger partial charge in [0.15, 0.2) is 17.5 Å². The Hall–Kier alpha value is -2.80. The number of quaternary nitrogens is 1. The molecule has 27 heavy (non-hydrogen) atoms. The third-order valence-corrected chi connectivity index (χ3v) is 5.10. The average molecular weight is 372 g/mol. The number of ether oxygens (including phenoxy) is 2. The normalized spacial score (nSPS) is 15.9. The number of piperazine rings is 1. The molecular formula is C20H28N4O3+2. The van der Waals surface area contributed by atoms with Gasteiger partial charge in [0.05, 0.1) is 20.4 Å². The molecule has 1 aromatic heterocycles. The Bertz CT molecular complexity index is 761. The van der Waals surface area contributed by atoms with Gasteiger partial charge in [0, 0.05) is 17.8 Å². The van der Waals surface area contributed by atoms with Crippen LogP contribution in [0, 0.1) is 0 Å². The van der Waals surface area contributed by atoms with Gasteiger partial charge in [0.25, 0.3) is 11.7 Å². The Labute approximate surface area is 159 Å². The van der Waals surface area contributed by atoms with Gasteiger partial charge >= 0.3 is 0 Å². The van der Waals surface area contributed by atoms with Gasteiger partial charge in [-0.3, -0.25) is 9.69 Å². The van der Waals surface area contributed by atoms with Crippen molar-refractivity contribution in [1.29, 1.82) is 0 Å². The summed E-state index contributed by atoms with van der Waals surface area (Å²) in [6.45, 7) is 5.66. The van der Waals surface area contributed by atoms with Crippen molar-refractivity contribution in [2.45, 2.75) is 13.0 Å². The van der Waals surface area contributed by atoms with Crippen LogP contribution < -0.4 is 29.6 Å². The highest BCUT2D eigenvalue weighted by Crippen LogP contribution is 2.29. The summed E-state index contributed by atoms with van der Waals surface area (Å²) in [5.74, 6) is 2.38. The lowest BCUT2D eigenvalue weighted by Crippen LogP contribution is -3.19. The van der Waals surface area contributed by atoms with Gasteiger partial charge < -0.3 is 19.7 Å². The summed E-state index contributed by atoms with van der Waals surface area (Å²) >= 11 is 0. The molecule has 1 amide bonds. The Morgan fingerprint density at radius 2 is 1.89 bits per heavy atom. The molecule has 1 aliphatic heterocycles. The summed E-state index contributed by atoms with van der Waals surface area (Å²) in [5, 5.41) is 2.99. The summed E-state index contributed by atoms with van der Waals surface area (Å²) in [5.41, 5.74) is 0.710. The molecule has 0 bridgehead atoms. The van der Waals surface area contributed by atoms with Crippen LogP contribution in [0.25, 0.3) is 0 Å². The van der Waals surface area contributed by atoms with E-state index in [4.69, 9.17) is 9.47 Å². The minimum Gasteiger partial charge on any atom is -0.493 e. The van der Waals surface area contributed by atoms with Gasteiger partial charge in [-0.25, -0.2) is 4.98 Å². The number of nitrogens with zero attached hydrogens (tertiary/aromatic N) is 1. The lowest BCUT2D eigenvalue weighted by Gasteiger charge is -2.31. The Morgan fingerprint density at radius 1 is 1.15 bits per heavy atom. The Balaban J connectivity index is 1.57. The number of rotatable bonds is 6. The predicted molar refractivity (Wildman–Crippen MR) is 104 cm³/mol. The Kier molecular flexibility index (Phi) is 6.13. The zero-order valence-corrected chi connectivity index (χ0v) is 16.1. The highest BCUT2D eigenvalue weighted by atomic mass is 16.5. The minimum absolute atomic E-state index is 0.0111. The lowest BCUT2D eigenvalue weighted by atomic mass is 10.2. The van der Waals surface area contributed by atoms with Crippen molar-refractivity contribution in [2.24, 2.45) is 0 Å². The maximum atomic E-state index is 12.7. The van der Waals surface area contributed by atoms with Gasteiger partial charge in [0.1, 0.15) is 26.2 Å². The van der Waals surface area contributed by atoms with Crippen LogP contribution in [-0.2, 0) is 4.79 Å². The maximum absolute atomic E-state index is 12.7. The van der Waals surface area contributed by atoms with Crippen LogP contribution in [0.1, 0.15) is 6.92 Å². The molecule has 2 heterocycles. The van der Waals surface area contributed by atoms with E-state index in [1.165, 1.54) is 4.90 Å². The van der Waals surface area contributed by atoms with Crippen molar-refractivity contribution < 1.29 is 24.2 Å². The number of aromatic nitrogens is 1. The van der Waals surface area contributed by atoms with E-state index in [-0.39, 0.29) is 11.9 Å². The number of methoxy groups -OCH3 is 2. The summed E-state index contributed by atoms with van der Waals surface area (Å²) in [6, 6.07) is 11.4. The summed E-state index contributed by atoms with van der Waals surface area (Å²) in [6.07, 6.45) is 1.94. The molecule has 0 spiro atoms. The zero-order valence-electron chi connectivity index (χ0n) is 16.1. The fraction of sp³-hybridized carbons (Fsp3) is 0.400. The molecule has 1 saturated heterocycles. The van der Waals surface area contributed by atoms with Crippen molar-refractivity contribution in [3.63, 3.8) is 0 Å². The molecule has 0 radical (unpaired) electrons. The van der Waals surface area contributed by atoms with Crippen molar-refractivity contribution in [1.82, 2.24) is 0 Å². The summed E-state index contributed by atoms with van der Waals surface area (Å²) in [4.78, 5) is 19.6. The van der Waals surface area contributed by atoms with E-state index >= 15 is 0 Å². The molecule has 1 atom stereocenters. The van der Waals surface area contributed by atoms with Crippen molar-refractivity contribution in [3.8, 4) is 11.5 Å².